The van der Waals surface area contributed by atoms with Crippen LogP contribution in [0, 0.1) is 11.6 Å². The summed E-state index contributed by atoms with van der Waals surface area (Å²) in [5, 5.41) is 0.355. The van der Waals surface area contributed by atoms with Gasteiger partial charge in [0, 0.05) is 23.5 Å². The van der Waals surface area contributed by atoms with Crippen LogP contribution < -0.4 is 14.2 Å². The number of halogens is 3. The molecule has 0 aromatic heterocycles. The predicted octanol–water partition coefficient (Wildman–Crippen LogP) is 4.67. The highest BCUT2D eigenvalue weighted by Crippen LogP contribution is 2.33. The third kappa shape index (κ3) is 3.64. The summed E-state index contributed by atoms with van der Waals surface area (Å²) in [6.45, 7) is 0. The Labute approximate surface area is 129 Å². The minimum Gasteiger partial charge on any atom is -0.496 e. The van der Waals surface area contributed by atoms with Gasteiger partial charge in [-0.2, -0.15) is 0 Å². The second-order valence-electron chi connectivity index (χ2n) is 4.17. The van der Waals surface area contributed by atoms with E-state index in [0.29, 0.717) is 22.4 Å². The van der Waals surface area contributed by atoms with Gasteiger partial charge in [0.25, 0.3) is 0 Å². The normalized spacial score (nSPS) is 10.3. The van der Waals surface area contributed by atoms with Crippen LogP contribution in [0.5, 0.6) is 23.0 Å². The third-order valence-corrected chi connectivity index (χ3v) is 3.40. The molecule has 0 aliphatic rings. The number of alkyl halides is 1. The van der Waals surface area contributed by atoms with Gasteiger partial charge in [-0.15, -0.1) is 0 Å². The Kier molecular flexibility index (Phi) is 5.01. The van der Waals surface area contributed by atoms with Crippen molar-refractivity contribution in [3.05, 3.63) is 47.5 Å². The lowest BCUT2D eigenvalue weighted by molar-refractivity contribution is 0.376. The van der Waals surface area contributed by atoms with Gasteiger partial charge in [0.05, 0.1) is 14.2 Å². The monoisotopic (exact) mass is 358 g/mol. The Hall–Kier alpha value is -1.82. The quantitative estimate of drug-likeness (QED) is 0.727. The van der Waals surface area contributed by atoms with Gasteiger partial charge in [0.1, 0.15) is 17.2 Å². The molecule has 2 aromatic rings. The zero-order valence-electron chi connectivity index (χ0n) is 11.5. The molecule has 0 unspecified atom stereocenters. The van der Waals surface area contributed by atoms with Crippen molar-refractivity contribution in [3.63, 3.8) is 0 Å². The zero-order chi connectivity index (χ0) is 15.4. The minimum absolute atomic E-state index is 0.218. The van der Waals surface area contributed by atoms with Gasteiger partial charge < -0.3 is 14.2 Å². The van der Waals surface area contributed by atoms with Crippen LogP contribution in [-0.4, -0.2) is 14.2 Å². The Bertz CT molecular complexity index is 602. The standard InChI is InChI=1S/C15H13BrF2O3/c1-19-10-5-11(20-2)7-12(6-10)21-15-13(17)3-9(8-16)4-14(15)18/h3-7H,8H2,1-2H3. The van der Waals surface area contributed by atoms with E-state index in [4.69, 9.17) is 14.2 Å². The molecule has 0 spiro atoms. The lowest BCUT2D eigenvalue weighted by Crippen LogP contribution is -1.96. The van der Waals surface area contributed by atoms with Crippen molar-refractivity contribution in [1.82, 2.24) is 0 Å². The summed E-state index contributed by atoms with van der Waals surface area (Å²) in [5.74, 6) is -0.868. The van der Waals surface area contributed by atoms with E-state index >= 15 is 0 Å². The van der Waals surface area contributed by atoms with E-state index < -0.39 is 17.4 Å². The summed E-state index contributed by atoms with van der Waals surface area (Å²) >= 11 is 3.15. The molecule has 21 heavy (non-hydrogen) atoms. The molecule has 3 nitrogen and oxygen atoms in total. The molecular formula is C15H13BrF2O3. The Balaban J connectivity index is 2.38. The number of hydrogen-bond acceptors (Lipinski definition) is 3. The van der Waals surface area contributed by atoms with Gasteiger partial charge >= 0.3 is 0 Å². The van der Waals surface area contributed by atoms with Gasteiger partial charge in [-0.1, -0.05) is 15.9 Å². The third-order valence-electron chi connectivity index (χ3n) is 2.76. The Morgan fingerprint density at radius 1 is 0.857 bits per heavy atom. The van der Waals surface area contributed by atoms with Crippen molar-refractivity contribution in [2.45, 2.75) is 5.33 Å². The van der Waals surface area contributed by atoms with E-state index in [1.807, 2.05) is 0 Å². The maximum atomic E-state index is 13.9. The van der Waals surface area contributed by atoms with Crippen LogP contribution in [0.25, 0.3) is 0 Å². The van der Waals surface area contributed by atoms with E-state index in [2.05, 4.69) is 15.9 Å². The highest BCUT2D eigenvalue weighted by atomic mass is 79.9. The van der Waals surface area contributed by atoms with Crippen LogP contribution >= 0.6 is 15.9 Å². The number of benzene rings is 2. The van der Waals surface area contributed by atoms with Crippen LogP contribution in [0.3, 0.4) is 0 Å². The first-order chi connectivity index (χ1) is 10.1. The Morgan fingerprint density at radius 2 is 1.33 bits per heavy atom. The maximum Gasteiger partial charge on any atom is 0.198 e. The van der Waals surface area contributed by atoms with E-state index in [-0.39, 0.29) is 5.75 Å². The van der Waals surface area contributed by atoms with Crippen LogP contribution in [-0.2, 0) is 5.33 Å². The molecule has 0 heterocycles. The van der Waals surface area contributed by atoms with Gasteiger partial charge in [0.2, 0.25) is 0 Å². The van der Waals surface area contributed by atoms with E-state index in [0.717, 1.165) is 0 Å². The molecular weight excluding hydrogens is 346 g/mol. The van der Waals surface area contributed by atoms with Gasteiger partial charge in [0.15, 0.2) is 17.4 Å². The van der Waals surface area contributed by atoms with Crippen LogP contribution in [0.2, 0.25) is 0 Å². The predicted molar refractivity (Wildman–Crippen MR) is 78.6 cm³/mol. The second kappa shape index (κ2) is 6.76. The highest BCUT2D eigenvalue weighted by Gasteiger charge is 2.14. The molecule has 0 radical (unpaired) electrons. The summed E-state index contributed by atoms with van der Waals surface area (Å²) in [4.78, 5) is 0. The van der Waals surface area contributed by atoms with Crippen LogP contribution in [0.15, 0.2) is 30.3 Å². The minimum atomic E-state index is -0.772. The fraction of sp³-hybridized carbons (Fsp3) is 0.200. The topological polar surface area (TPSA) is 27.7 Å². The SMILES string of the molecule is COc1cc(OC)cc(Oc2c(F)cc(CBr)cc2F)c1. The first kappa shape index (κ1) is 15.6. The van der Waals surface area contributed by atoms with Gasteiger partial charge in [-0.05, 0) is 17.7 Å². The van der Waals surface area contributed by atoms with Crippen molar-refractivity contribution in [3.8, 4) is 23.0 Å². The smallest absolute Gasteiger partial charge is 0.198 e. The number of hydrogen-bond donors (Lipinski definition) is 0. The van der Waals surface area contributed by atoms with E-state index in [1.54, 1.807) is 6.07 Å². The lowest BCUT2D eigenvalue weighted by atomic mass is 10.2. The molecule has 0 aliphatic heterocycles. The molecule has 2 aromatic carbocycles. The fourth-order valence-electron chi connectivity index (χ4n) is 1.75. The molecule has 112 valence electrons. The second-order valence-corrected chi connectivity index (χ2v) is 4.73. The number of methoxy groups -OCH3 is 2. The van der Waals surface area contributed by atoms with Crippen molar-refractivity contribution >= 4 is 15.9 Å². The molecule has 0 fully saturated rings. The average molecular weight is 359 g/mol. The van der Waals surface area contributed by atoms with Gasteiger partial charge in [-0.25, -0.2) is 8.78 Å². The highest BCUT2D eigenvalue weighted by molar-refractivity contribution is 9.08. The summed E-state index contributed by atoms with van der Waals surface area (Å²) in [6.07, 6.45) is 0. The van der Waals surface area contributed by atoms with Crippen LogP contribution in [0.1, 0.15) is 5.56 Å². The average Bonchev–Trinajstić information content (AvgIpc) is 2.50. The maximum absolute atomic E-state index is 13.9. The molecule has 0 amide bonds. The first-order valence-electron chi connectivity index (χ1n) is 6.02. The molecule has 0 bridgehead atoms. The van der Waals surface area contributed by atoms with E-state index in [1.165, 1.54) is 38.5 Å². The largest absolute Gasteiger partial charge is 0.496 e. The zero-order valence-corrected chi connectivity index (χ0v) is 13.0. The summed E-state index contributed by atoms with van der Waals surface area (Å²) < 4.78 is 43.3. The van der Waals surface area contributed by atoms with Crippen LogP contribution in [0.4, 0.5) is 8.78 Å². The molecule has 0 atom stereocenters. The molecule has 2 rings (SSSR count). The first-order valence-corrected chi connectivity index (χ1v) is 7.14. The van der Waals surface area contributed by atoms with Gasteiger partial charge in [-0.3, -0.25) is 0 Å². The van der Waals surface area contributed by atoms with Crippen molar-refractivity contribution in [1.29, 1.82) is 0 Å². The molecule has 6 heteroatoms. The molecule has 0 aliphatic carbocycles. The molecule has 0 N–H and O–H groups in total. The number of rotatable bonds is 5. The van der Waals surface area contributed by atoms with Crippen molar-refractivity contribution in [2.75, 3.05) is 14.2 Å². The summed E-state index contributed by atoms with van der Waals surface area (Å²) in [7, 11) is 2.95. The summed E-state index contributed by atoms with van der Waals surface area (Å²) in [6, 6.07) is 7.09. The molecule has 0 saturated heterocycles. The number of ether oxygens (including phenoxy) is 3. The van der Waals surface area contributed by atoms with Crippen molar-refractivity contribution in [2.24, 2.45) is 0 Å². The summed E-state index contributed by atoms with van der Waals surface area (Å²) in [5.41, 5.74) is 0.487. The lowest BCUT2D eigenvalue weighted by Gasteiger charge is -2.11. The van der Waals surface area contributed by atoms with E-state index in [9.17, 15) is 8.78 Å². The molecule has 0 saturated carbocycles. The Morgan fingerprint density at radius 3 is 1.76 bits per heavy atom. The van der Waals surface area contributed by atoms with Crippen molar-refractivity contribution < 1.29 is 23.0 Å². The fourth-order valence-corrected chi connectivity index (χ4v) is 2.07.